The fourth-order valence-electron chi connectivity index (χ4n) is 3.02. The number of hydrogen-bond acceptors (Lipinski definition) is 2. The molecule has 0 aliphatic carbocycles. The summed E-state index contributed by atoms with van der Waals surface area (Å²) in [5.41, 5.74) is -1.13. The fraction of sp³-hybridized carbons (Fsp3) is 0.833. The van der Waals surface area contributed by atoms with Crippen molar-refractivity contribution in [1.29, 1.82) is 0 Å². The highest BCUT2D eigenvalue weighted by Crippen LogP contribution is 2.41. The summed E-state index contributed by atoms with van der Waals surface area (Å²) in [6.45, 7) is 0. The predicted octanol–water partition coefficient (Wildman–Crippen LogP) is 3.04. The Labute approximate surface area is 107 Å². The fourth-order valence-corrected chi connectivity index (χ4v) is 5.31. The molecule has 0 saturated carbocycles. The minimum Gasteiger partial charge on any atom is -0.390 e. The van der Waals surface area contributed by atoms with Crippen LogP contribution in [0.2, 0.25) is 0 Å². The lowest BCUT2D eigenvalue weighted by Crippen LogP contribution is -2.49. The third kappa shape index (κ3) is 2.96. The van der Waals surface area contributed by atoms with E-state index in [2.05, 4.69) is 0 Å². The van der Waals surface area contributed by atoms with E-state index in [4.69, 9.17) is 0 Å². The van der Waals surface area contributed by atoms with Crippen molar-refractivity contribution in [1.82, 2.24) is 0 Å². The minimum atomic E-state index is -2.31. The number of hydrogen-bond donors (Lipinski definition) is 1. The second-order valence-corrected chi connectivity index (χ2v) is 7.29. The topological polar surface area (TPSA) is 37.3 Å². The molecule has 0 aromatic heterocycles. The van der Waals surface area contributed by atoms with Crippen LogP contribution in [0, 0.1) is 0 Å². The maximum atomic E-state index is 12.8. The van der Waals surface area contributed by atoms with Crippen molar-refractivity contribution in [2.75, 3.05) is 0 Å². The van der Waals surface area contributed by atoms with Crippen molar-refractivity contribution in [3.05, 3.63) is 11.9 Å². The van der Waals surface area contributed by atoms with Crippen molar-refractivity contribution < 1.29 is 22.5 Å². The van der Waals surface area contributed by atoms with E-state index < -0.39 is 34.7 Å². The molecule has 2 bridgehead atoms. The van der Waals surface area contributed by atoms with E-state index in [1.54, 1.807) is 0 Å². The monoisotopic (exact) mass is 282 g/mol. The molecule has 2 saturated heterocycles. The molecule has 2 rings (SSSR count). The largest absolute Gasteiger partial charge is 0.390 e. The lowest BCUT2D eigenvalue weighted by molar-refractivity contribution is 0.00198. The summed E-state index contributed by atoms with van der Waals surface area (Å²) >= 11 is 0. The van der Waals surface area contributed by atoms with Crippen LogP contribution in [-0.2, 0) is 10.8 Å². The molecule has 2 heterocycles. The molecule has 0 radical (unpaired) electrons. The molecule has 0 amide bonds. The molecule has 2 aliphatic rings. The summed E-state index contributed by atoms with van der Waals surface area (Å²) in [6.07, 6.45) is 0.547. The van der Waals surface area contributed by atoms with Gasteiger partial charge in [0.15, 0.2) is 5.83 Å². The first-order valence-electron chi connectivity index (χ1n) is 6.23. The van der Waals surface area contributed by atoms with Crippen molar-refractivity contribution in [2.45, 2.75) is 61.0 Å². The lowest BCUT2D eigenvalue weighted by atomic mass is 9.82. The van der Waals surface area contributed by atoms with E-state index in [1.165, 1.54) is 0 Å². The first-order chi connectivity index (χ1) is 8.41. The molecule has 2 atom stereocenters. The highest BCUT2D eigenvalue weighted by molar-refractivity contribution is 7.86. The van der Waals surface area contributed by atoms with Crippen LogP contribution in [0.15, 0.2) is 11.9 Å². The second-order valence-electron chi connectivity index (χ2n) is 5.30. The van der Waals surface area contributed by atoms with Gasteiger partial charge in [0.1, 0.15) is 0 Å². The molecule has 104 valence electrons. The van der Waals surface area contributed by atoms with Gasteiger partial charge in [0, 0.05) is 27.7 Å². The smallest absolute Gasteiger partial charge is 0.301 e. The molecule has 2 nitrogen and oxygen atoms in total. The van der Waals surface area contributed by atoms with Gasteiger partial charge >= 0.3 is 6.08 Å². The molecule has 0 aromatic carbocycles. The van der Waals surface area contributed by atoms with Crippen LogP contribution in [0.5, 0.6) is 0 Å². The molecule has 6 heteroatoms. The summed E-state index contributed by atoms with van der Waals surface area (Å²) in [7, 11) is -0.920. The Morgan fingerprint density at radius 2 is 1.78 bits per heavy atom. The zero-order valence-corrected chi connectivity index (χ0v) is 10.8. The van der Waals surface area contributed by atoms with Gasteiger partial charge < -0.3 is 5.11 Å². The SMILES string of the molecule is O=S1C2CCCC1CC(O)(CCC(F)=C(F)F)C2. The maximum absolute atomic E-state index is 12.8. The van der Waals surface area contributed by atoms with Crippen molar-refractivity contribution >= 4 is 10.8 Å². The Bertz CT molecular complexity index is 364. The van der Waals surface area contributed by atoms with E-state index in [0.717, 1.165) is 19.3 Å². The summed E-state index contributed by atoms with van der Waals surface area (Å²) in [5.74, 6) is -1.44. The molecular formula is C12H17F3O2S. The average Bonchev–Trinajstić information content (AvgIpc) is 2.28. The van der Waals surface area contributed by atoms with Crippen LogP contribution in [0.25, 0.3) is 0 Å². The summed E-state index contributed by atoms with van der Waals surface area (Å²) < 4.78 is 48.7. The molecule has 0 spiro atoms. The lowest BCUT2D eigenvalue weighted by Gasteiger charge is -2.43. The van der Waals surface area contributed by atoms with Crippen LogP contribution in [0.1, 0.15) is 44.9 Å². The van der Waals surface area contributed by atoms with Gasteiger partial charge in [0.2, 0.25) is 0 Å². The zero-order valence-electron chi connectivity index (χ0n) is 10.0. The molecule has 2 fully saturated rings. The Kier molecular flexibility index (Phi) is 4.16. The maximum Gasteiger partial charge on any atom is 0.301 e. The first-order valence-corrected chi connectivity index (χ1v) is 7.50. The number of rotatable bonds is 3. The van der Waals surface area contributed by atoms with Gasteiger partial charge in [0.05, 0.1) is 5.60 Å². The first kappa shape index (κ1) is 14.1. The number of aliphatic hydroxyl groups is 1. The van der Waals surface area contributed by atoms with E-state index in [1.807, 2.05) is 0 Å². The number of allylic oxidation sites excluding steroid dienone is 1. The Morgan fingerprint density at radius 3 is 2.28 bits per heavy atom. The number of halogens is 3. The Hall–Kier alpha value is -0.360. The zero-order chi connectivity index (χ0) is 13.3. The van der Waals surface area contributed by atoms with Crippen LogP contribution >= 0.6 is 0 Å². The van der Waals surface area contributed by atoms with Crippen molar-refractivity contribution in [3.63, 3.8) is 0 Å². The van der Waals surface area contributed by atoms with Gasteiger partial charge in [0.25, 0.3) is 0 Å². The molecule has 0 aromatic rings. The minimum absolute atomic E-state index is 0.0135. The van der Waals surface area contributed by atoms with Gasteiger partial charge in [-0.2, -0.15) is 8.78 Å². The molecule has 18 heavy (non-hydrogen) atoms. The van der Waals surface area contributed by atoms with Crippen molar-refractivity contribution in [2.24, 2.45) is 0 Å². The van der Waals surface area contributed by atoms with E-state index in [-0.39, 0.29) is 16.9 Å². The normalized spacial score (nSPS) is 39.4. The quantitative estimate of drug-likeness (QED) is 0.864. The summed E-state index contributed by atoms with van der Waals surface area (Å²) in [5, 5.41) is 10.3. The Balaban J connectivity index is 2.00. The van der Waals surface area contributed by atoms with Gasteiger partial charge in [-0.05, 0) is 32.1 Å². The van der Waals surface area contributed by atoms with Crippen molar-refractivity contribution in [3.8, 4) is 0 Å². The summed E-state index contributed by atoms with van der Waals surface area (Å²) in [4.78, 5) is 0. The summed E-state index contributed by atoms with van der Waals surface area (Å²) in [6, 6.07) is 0. The molecule has 1 N–H and O–H groups in total. The third-order valence-corrected chi connectivity index (χ3v) is 6.06. The highest BCUT2D eigenvalue weighted by atomic mass is 32.2. The van der Waals surface area contributed by atoms with Crippen LogP contribution in [-0.4, -0.2) is 25.4 Å². The third-order valence-electron chi connectivity index (χ3n) is 3.94. The molecule has 2 unspecified atom stereocenters. The van der Waals surface area contributed by atoms with Gasteiger partial charge in [-0.25, -0.2) is 4.39 Å². The second kappa shape index (κ2) is 5.33. The Morgan fingerprint density at radius 1 is 1.22 bits per heavy atom. The van der Waals surface area contributed by atoms with Crippen LogP contribution < -0.4 is 0 Å². The van der Waals surface area contributed by atoms with E-state index in [9.17, 15) is 22.5 Å². The highest BCUT2D eigenvalue weighted by Gasteiger charge is 2.45. The van der Waals surface area contributed by atoms with E-state index >= 15 is 0 Å². The average molecular weight is 282 g/mol. The number of fused-ring (bicyclic) bond motifs is 2. The van der Waals surface area contributed by atoms with Gasteiger partial charge in [-0.15, -0.1) is 0 Å². The molecule has 2 aliphatic heterocycles. The van der Waals surface area contributed by atoms with E-state index in [0.29, 0.717) is 12.8 Å². The van der Waals surface area contributed by atoms with Crippen LogP contribution in [0.3, 0.4) is 0 Å². The standard InChI is InChI=1S/C12H17F3O2S/c13-10(11(14)15)4-5-12(16)6-8-2-1-3-9(7-12)18(8)17/h8-9,16H,1-7H2. The molecular weight excluding hydrogens is 265 g/mol. The van der Waals surface area contributed by atoms with Gasteiger partial charge in [-0.1, -0.05) is 6.42 Å². The van der Waals surface area contributed by atoms with Crippen LogP contribution in [0.4, 0.5) is 13.2 Å². The van der Waals surface area contributed by atoms with Gasteiger partial charge in [-0.3, -0.25) is 4.21 Å². The predicted molar refractivity (Wildman–Crippen MR) is 63.3 cm³/mol.